The topological polar surface area (TPSA) is 49.5 Å². The average Bonchev–Trinajstić information content (AvgIpc) is 2.99. The van der Waals surface area contributed by atoms with Crippen LogP contribution in [0.1, 0.15) is 31.1 Å². The number of aliphatic hydroxyl groups is 1. The van der Waals surface area contributed by atoms with Crippen molar-refractivity contribution in [3.05, 3.63) is 42.2 Å². The second-order valence-electron chi connectivity index (χ2n) is 5.36. The van der Waals surface area contributed by atoms with Crippen LogP contribution in [0, 0.1) is 0 Å². The fourth-order valence-electron chi connectivity index (χ4n) is 2.67. The van der Waals surface area contributed by atoms with Crippen LogP contribution in [-0.4, -0.2) is 34.8 Å². The van der Waals surface area contributed by atoms with E-state index in [1.807, 2.05) is 36.4 Å². The summed E-state index contributed by atoms with van der Waals surface area (Å²) in [6.45, 7) is 2.76. The highest BCUT2D eigenvalue weighted by molar-refractivity contribution is 5.58. The quantitative estimate of drug-likeness (QED) is 0.929. The Labute approximate surface area is 119 Å². The predicted molar refractivity (Wildman–Crippen MR) is 77.2 cm³/mol. The van der Waals surface area contributed by atoms with Crippen LogP contribution >= 0.6 is 0 Å². The Morgan fingerprint density at radius 2 is 1.90 bits per heavy atom. The van der Waals surface area contributed by atoms with Crippen molar-refractivity contribution < 1.29 is 9.63 Å². The lowest BCUT2D eigenvalue weighted by Crippen LogP contribution is -2.33. The minimum atomic E-state index is -0.599. The maximum atomic E-state index is 10.3. The van der Waals surface area contributed by atoms with Gasteiger partial charge >= 0.3 is 0 Å². The first-order valence-corrected chi connectivity index (χ1v) is 7.25. The molecule has 4 nitrogen and oxygen atoms in total. The number of nitrogens with zero attached hydrogens (tertiary/aromatic N) is 2. The van der Waals surface area contributed by atoms with Crippen molar-refractivity contribution in [1.29, 1.82) is 0 Å². The highest BCUT2D eigenvalue weighted by Crippen LogP contribution is 2.23. The number of hydrogen-bond donors (Lipinski definition) is 1. The van der Waals surface area contributed by atoms with Gasteiger partial charge in [0, 0.05) is 18.2 Å². The Bertz CT molecular complexity index is 532. The summed E-state index contributed by atoms with van der Waals surface area (Å²) >= 11 is 0. The lowest BCUT2D eigenvalue weighted by molar-refractivity contribution is 0.0798. The lowest BCUT2D eigenvalue weighted by atomic mass is 10.1. The van der Waals surface area contributed by atoms with E-state index < -0.39 is 6.10 Å². The number of rotatable bonds is 4. The molecule has 106 valence electrons. The molecule has 1 aromatic carbocycles. The van der Waals surface area contributed by atoms with Gasteiger partial charge in [-0.05, 0) is 25.9 Å². The molecule has 1 N–H and O–H groups in total. The zero-order valence-corrected chi connectivity index (χ0v) is 11.5. The summed E-state index contributed by atoms with van der Waals surface area (Å²) in [5.41, 5.74) is 1.78. The molecule has 2 aromatic rings. The second kappa shape index (κ2) is 6.20. The molecule has 0 saturated carbocycles. The average molecular weight is 272 g/mol. The van der Waals surface area contributed by atoms with Crippen molar-refractivity contribution in [3.63, 3.8) is 0 Å². The third kappa shape index (κ3) is 3.08. The van der Waals surface area contributed by atoms with Gasteiger partial charge in [0.05, 0.1) is 0 Å². The molecule has 0 spiro atoms. The molecular weight excluding hydrogens is 252 g/mol. The van der Waals surface area contributed by atoms with E-state index in [2.05, 4.69) is 10.1 Å². The third-order valence-electron chi connectivity index (χ3n) is 3.81. The van der Waals surface area contributed by atoms with E-state index in [1.165, 1.54) is 19.3 Å². The van der Waals surface area contributed by atoms with E-state index in [0.717, 1.165) is 24.3 Å². The third-order valence-corrected chi connectivity index (χ3v) is 3.81. The SMILES string of the molecule is O[C@H](CN1CCCCC1)c1cc(-c2ccccc2)no1. The maximum absolute atomic E-state index is 10.3. The van der Waals surface area contributed by atoms with Gasteiger partial charge in [0.25, 0.3) is 0 Å². The molecule has 1 aliphatic rings. The molecule has 1 saturated heterocycles. The zero-order chi connectivity index (χ0) is 13.8. The first kappa shape index (κ1) is 13.3. The number of benzene rings is 1. The minimum Gasteiger partial charge on any atom is -0.384 e. The monoisotopic (exact) mass is 272 g/mol. The minimum absolute atomic E-state index is 0.550. The van der Waals surface area contributed by atoms with E-state index in [-0.39, 0.29) is 0 Å². The number of aromatic nitrogens is 1. The molecule has 1 aromatic heterocycles. The number of β-amino-alcohol motifs (C(OH)–C–C–N with tert-alkyl or cyclic N) is 1. The molecular formula is C16H20N2O2. The summed E-state index contributed by atoms with van der Waals surface area (Å²) in [4.78, 5) is 2.29. The summed E-state index contributed by atoms with van der Waals surface area (Å²) in [5, 5.41) is 14.3. The van der Waals surface area contributed by atoms with Gasteiger partial charge in [0.2, 0.25) is 0 Å². The Morgan fingerprint density at radius 3 is 2.65 bits per heavy atom. The molecule has 1 aliphatic heterocycles. The van der Waals surface area contributed by atoms with Crippen molar-refractivity contribution in [1.82, 2.24) is 10.1 Å². The van der Waals surface area contributed by atoms with Crippen molar-refractivity contribution in [2.24, 2.45) is 0 Å². The van der Waals surface area contributed by atoms with Gasteiger partial charge in [-0.3, -0.25) is 0 Å². The van der Waals surface area contributed by atoms with Crippen LogP contribution in [0.15, 0.2) is 40.9 Å². The van der Waals surface area contributed by atoms with Crippen molar-refractivity contribution in [3.8, 4) is 11.3 Å². The summed E-state index contributed by atoms with van der Waals surface area (Å²) in [6, 6.07) is 11.7. The van der Waals surface area contributed by atoms with E-state index in [9.17, 15) is 5.11 Å². The van der Waals surface area contributed by atoms with Gasteiger partial charge < -0.3 is 14.5 Å². The molecule has 0 bridgehead atoms. The second-order valence-corrected chi connectivity index (χ2v) is 5.36. The van der Waals surface area contributed by atoms with Crippen LogP contribution in [-0.2, 0) is 0 Å². The number of piperidine rings is 1. The smallest absolute Gasteiger partial charge is 0.167 e. The van der Waals surface area contributed by atoms with E-state index >= 15 is 0 Å². The Balaban J connectivity index is 1.66. The van der Waals surface area contributed by atoms with Gasteiger partial charge in [-0.1, -0.05) is 41.9 Å². The van der Waals surface area contributed by atoms with Crippen LogP contribution in [0.5, 0.6) is 0 Å². The van der Waals surface area contributed by atoms with Gasteiger partial charge in [0.15, 0.2) is 5.76 Å². The van der Waals surface area contributed by atoms with Gasteiger partial charge in [-0.25, -0.2) is 0 Å². The van der Waals surface area contributed by atoms with Crippen molar-refractivity contribution in [2.45, 2.75) is 25.4 Å². The first-order valence-electron chi connectivity index (χ1n) is 7.25. The first-order chi connectivity index (χ1) is 9.83. The number of likely N-dealkylation sites (tertiary alicyclic amines) is 1. The molecule has 1 fully saturated rings. The summed E-state index contributed by atoms with van der Waals surface area (Å²) in [7, 11) is 0. The van der Waals surface area contributed by atoms with Crippen molar-refractivity contribution >= 4 is 0 Å². The van der Waals surface area contributed by atoms with Crippen molar-refractivity contribution in [2.75, 3.05) is 19.6 Å². The molecule has 3 rings (SSSR count). The molecule has 2 heterocycles. The zero-order valence-electron chi connectivity index (χ0n) is 11.5. The lowest BCUT2D eigenvalue weighted by Gasteiger charge is -2.27. The Morgan fingerprint density at radius 1 is 1.15 bits per heavy atom. The fraction of sp³-hybridized carbons (Fsp3) is 0.438. The van der Waals surface area contributed by atoms with Gasteiger partial charge in [-0.2, -0.15) is 0 Å². The molecule has 0 unspecified atom stereocenters. The van der Waals surface area contributed by atoms with Crippen LogP contribution in [0.4, 0.5) is 0 Å². The number of hydrogen-bond acceptors (Lipinski definition) is 4. The van der Waals surface area contributed by atoms with Crippen LogP contribution in [0.25, 0.3) is 11.3 Å². The number of aliphatic hydroxyl groups excluding tert-OH is 1. The standard InChI is InChI=1S/C16H20N2O2/c19-15(12-18-9-5-2-6-10-18)16-11-14(17-20-16)13-7-3-1-4-8-13/h1,3-4,7-8,11,15,19H,2,5-6,9-10,12H2/t15-/m1/s1. The van der Waals surface area contributed by atoms with Crippen LogP contribution < -0.4 is 0 Å². The largest absolute Gasteiger partial charge is 0.384 e. The van der Waals surface area contributed by atoms with Gasteiger partial charge in [-0.15, -0.1) is 0 Å². The normalized spacial score (nSPS) is 18.1. The summed E-state index contributed by atoms with van der Waals surface area (Å²) < 4.78 is 5.30. The Kier molecular flexibility index (Phi) is 4.14. The molecule has 4 heteroatoms. The summed E-state index contributed by atoms with van der Waals surface area (Å²) in [6.07, 6.45) is 3.14. The maximum Gasteiger partial charge on any atom is 0.167 e. The highest BCUT2D eigenvalue weighted by Gasteiger charge is 2.19. The van der Waals surface area contributed by atoms with E-state index in [1.54, 1.807) is 0 Å². The van der Waals surface area contributed by atoms with E-state index in [0.29, 0.717) is 12.3 Å². The van der Waals surface area contributed by atoms with Crippen LogP contribution in [0.2, 0.25) is 0 Å². The fourth-order valence-corrected chi connectivity index (χ4v) is 2.67. The molecule has 1 atom stereocenters. The predicted octanol–water partition coefficient (Wildman–Crippen LogP) is 2.86. The highest BCUT2D eigenvalue weighted by atomic mass is 16.5. The molecule has 20 heavy (non-hydrogen) atoms. The molecule has 0 radical (unpaired) electrons. The Hall–Kier alpha value is -1.65. The molecule has 0 aliphatic carbocycles. The van der Waals surface area contributed by atoms with Crippen LogP contribution in [0.3, 0.4) is 0 Å². The molecule has 0 amide bonds. The summed E-state index contributed by atoms with van der Waals surface area (Å²) in [5.74, 6) is 0.550. The van der Waals surface area contributed by atoms with E-state index in [4.69, 9.17) is 4.52 Å². The van der Waals surface area contributed by atoms with Gasteiger partial charge in [0.1, 0.15) is 11.8 Å².